The lowest BCUT2D eigenvalue weighted by Crippen LogP contribution is -2.22. The fourth-order valence-corrected chi connectivity index (χ4v) is 4.80. The van der Waals surface area contributed by atoms with Crippen molar-refractivity contribution in [1.29, 1.82) is 0 Å². The first-order valence-corrected chi connectivity index (χ1v) is 11.9. The van der Waals surface area contributed by atoms with Crippen LogP contribution in [0.2, 0.25) is 0 Å². The van der Waals surface area contributed by atoms with E-state index in [-0.39, 0.29) is 32.8 Å². The lowest BCUT2D eigenvalue weighted by Gasteiger charge is -2.17. The molecule has 0 unspecified atom stereocenters. The van der Waals surface area contributed by atoms with Crippen LogP contribution in [0.15, 0.2) is 60.7 Å². The smallest absolute Gasteiger partial charge is 0.253 e. The maximum atomic E-state index is 13.5. The standard InChI is InChI=1S/C29H28N2O5.H2/c1-31(2)28(34)20-7-5-19(6-8-20)23-13-18(3-4-21(23)15-27(30)33)14-26(32)29(11-12-29)22-9-10-24-25(16-22)36-17-35-24;/h3-10,13,16H,11-12,14-15,17H2,1-2H3,(H2,30,33);1H. The van der Waals surface area contributed by atoms with Crippen LogP contribution in [-0.2, 0) is 27.8 Å². The van der Waals surface area contributed by atoms with Gasteiger partial charge >= 0.3 is 0 Å². The zero-order valence-electron chi connectivity index (χ0n) is 20.4. The lowest BCUT2D eigenvalue weighted by molar-refractivity contribution is -0.121. The fourth-order valence-electron chi connectivity index (χ4n) is 4.80. The summed E-state index contributed by atoms with van der Waals surface area (Å²) in [5, 5.41) is 0. The number of amides is 2. The van der Waals surface area contributed by atoms with Crippen LogP contribution >= 0.6 is 0 Å². The van der Waals surface area contributed by atoms with Gasteiger partial charge in [0.15, 0.2) is 11.5 Å². The Hall–Kier alpha value is -4.13. The zero-order valence-corrected chi connectivity index (χ0v) is 20.4. The molecule has 0 spiro atoms. The average molecular weight is 487 g/mol. The lowest BCUT2D eigenvalue weighted by atomic mass is 9.86. The van der Waals surface area contributed by atoms with Crippen molar-refractivity contribution in [3.8, 4) is 22.6 Å². The molecule has 3 aromatic carbocycles. The minimum absolute atomic E-state index is 0. The second-order valence-electron chi connectivity index (χ2n) is 9.66. The highest BCUT2D eigenvalue weighted by molar-refractivity contribution is 5.96. The number of hydrogen-bond donors (Lipinski definition) is 1. The first kappa shape index (κ1) is 23.6. The number of ketones is 1. The quantitative estimate of drug-likeness (QED) is 0.521. The maximum absolute atomic E-state index is 13.5. The molecular weight excluding hydrogens is 456 g/mol. The number of carbonyl (C=O) groups is 3. The molecule has 1 fully saturated rings. The van der Waals surface area contributed by atoms with Gasteiger partial charge in [-0.25, -0.2) is 0 Å². The van der Waals surface area contributed by atoms with E-state index in [2.05, 4.69) is 0 Å². The van der Waals surface area contributed by atoms with Crippen LogP contribution in [-0.4, -0.2) is 43.4 Å². The highest BCUT2D eigenvalue weighted by atomic mass is 16.7. The van der Waals surface area contributed by atoms with Crippen LogP contribution in [0.1, 0.15) is 41.3 Å². The van der Waals surface area contributed by atoms with Crippen LogP contribution in [0.5, 0.6) is 11.5 Å². The summed E-state index contributed by atoms with van der Waals surface area (Å²) in [6.07, 6.45) is 1.97. The highest BCUT2D eigenvalue weighted by Gasteiger charge is 2.50. The summed E-state index contributed by atoms with van der Waals surface area (Å²) >= 11 is 0. The van der Waals surface area contributed by atoms with Crippen molar-refractivity contribution in [2.24, 2.45) is 5.73 Å². The maximum Gasteiger partial charge on any atom is 0.253 e. The van der Waals surface area contributed by atoms with Crippen molar-refractivity contribution in [3.05, 3.63) is 82.9 Å². The van der Waals surface area contributed by atoms with Crippen molar-refractivity contribution >= 4 is 17.6 Å². The molecule has 0 radical (unpaired) electrons. The number of rotatable bonds is 8. The Morgan fingerprint density at radius 1 is 0.917 bits per heavy atom. The molecule has 186 valence electrons. The average Bonchev–Trinajstić information content (AvgIpc) is 3.55. The van der Waals surface area contributed by atoms with Gasteiger partial charge in [-0.15, -0.1) is 0 Å². The molecule has 5 rings (SSSR count). The van der Waals surface area contributed by atoms with Gasteiger partial charge in [0.25, 0.3) is 5.91 Å². The van der Waals surface area contributed by atoms with Gasteiger partial charge in [-0.2, -0.15) is 0 Å². The molecule has 3 aromatic rings. The number of ether oxygens (including phenoxy) is 2. The summed E-state index contributed by atoms with van der Waals surface area (Å²) in [4.78, 5) is 39.0. The van der Waals surface area contributed by atoms with Gasteiger partial charge in [0, 0.05) is 27.5 Å². The summed E-state index contributed by atoms with van der Waals surface area (Å²) in [5.41, 5.74) is 9.86. The topological polar surface area (TPSA) is 98.9 Å². The Morgan fingerprint density at radius 2 is 1.64 bits per heavy atom. The predicted octanol–water partition coefficient (Wildman–Crippen LogP) is 3.90. The Balaban J connectivity index is 0.00000320. The molecule has 0 saturated heterocycles. The van der Waals surface area contributed by atoms with Crippen molar-refractivity contribution in [1.82, 2.24) is 4.90 Å². The Morgan fingerprint density at radius 3 is 2.31 bits per heavy atom. The van der Waals surface area contributed by atoms with E-state index < -0.39 is 11.3 Å². The van der Waals surface area contributed by atoms with Crippen molar-refractivity contribution in [2.75, 3.05) is 20.9 Å². The number of hydrogen-bond acceptors (Lipinski definition) is 5. The Bertz CT molecular complexity index is 1360. The van der Waals surface area contributed by atoms with Gasteiger partial charge in [-0.3, -0.25) is 14.4 Å². The number of primary amides is 1. The number of fused-ring (bicyclic) bond motifs is 1. The second kappa shape index (κ2) is 9.15. The van der Waals surface area contributed by atoms with Gasteiger partial charge in [0.1, 0.15) is 5.78 Å². The van der Waals surface area contributed by atoms with Crippen molar-refractivity contribution in [3.63, 3.8) is 0 Å². The normalized spacial score (nSPS) is 14.8. The summed E-state index contributed by atoms with van der Waals surface area (Å²) in [7, 11) is 3.41. The summed E-state index contributed by atoms with van der Waals surface area (Å²) in [6, 6.07) is 18.7. The summed E-state index contributed by atoms with van der Waals surface area (Å²) in [5.74, 6) is 1.02. The molecule has 36 heavy (non-hydrogen) atoms. The molecular formula is C29H30N2O5. The van der Waals surface area contributed by atoms with Crippen LogP contribution < -0.4 is 15.2 Å². The van der Waals surface area contributed by atoms with Gasteiger partial charge in [-0.1, -0.05) is 36.4 Å². The molecule has 1 aliphatic carbocycles. The first-order valence-electron chi connectivity index (χ1n) is 11.9. The van der Waals surface area contributed by atoms with E-state index in [0.717, 1.165) is 40.7 Å². The predicted molar refractivity (Wildman–Crippen MR) is 137 cm³/mol. The molecule has 1 aliphatic heterocycles. The minimum atomic E-state index is -0.499. The van der Waals surface area contributed by atoms with Gasteiger partial charge in [0.2, 0.25) is 12.7 Å². The molecule has 0 atom stereocenters. The summed E-state index contributed by atoms with van der Waals surface area (Å²) in [6.45, 7) is 0.199. The van der Waals surface area contributed by atoms with E-state index in [1.165, 1.54) is 4.90 Å². The van der Waals surface area contributed by atoms with Crippen LogP contribution in [0, 0.1) is 0 Å². The van der Waals surface area contributed by atoms with Crippen molar-refractivity contribution in [2.45, 2.75) is 31.1 Å². The molecule has 1 heterocycles. The molecule has 7 nitrogen and oxygen atoms in total. The molecule has 2 aliphatic rings. The van der Waals surface area contributed by atoms with Crippen LogP contribution in [0.25, 0.3) is 11.1 Å². The van der Waals surface area contributed by atoms with Crippen molar-refractivity contribution < 1.29 is 25.3 Å². The Labute approximate surface area is 211 Å². The molecule has 0 bridgehead atoms. The monoisotopic (exact) mass is 486 g/mol. The van der Waals surface area contributed by atoms with E-state index in [9.17, 15) is 14.4 Å². The summed E-state index contributed by atoms with van der Waals surface area (Å²) < 4.78 is 10.9. The van der Waals surface area contributed by atoms with Crippen LogP contribution in [0.3, 0.4) is 0 Å². The van der Waals surface area contributed by atoms with E-state index in [0.29, 0.717) is 17.1 Å². The number of nitrogens with two attached hydrogens (primary N) is 1. The third-order valence-electron chi connectivity index (χ3n) is 6.96. The molecule has 2 N–H and O–H groups in total. The largest absolute Gasteiger partial charge is 0.454 e. The number of benzene rings is 3. The third-order valence-corrected chi connectivity index (χ3v) is 6.96. The van der Waals surface area contributed by atoms with Gasteiger partial charge < -0.3 is 20.1 Å². The Kier molecular flexibility index (Phi) is 6.00. The molecule has 2 amide bonds. The zero-order chi connectivity index (χ0) is 25.4. The van der Waals surface area contributed by atoms with E-state index >= 15 is 0 Å². The van der Waals surface area contributed by atoms with E-state index in [1.54, 1.807) is 26.2 Å². The number of nitrogens with zero attached hydrogens (tertiary/aromatic N) is 1. The number of Topliss-reactive ketones (excluding diaryl/α,β-unsaturated/α-hetero) is 1. The minimum Gasteiger partial charge on any atom is -0.454 e. The second-order valence-corrected chi connectivity index (χ2v) is 9.66. The van der Waals surface area contributed by atoms with E-state index in [4.69, 9.17) is 15.2 Å². The molecule has 1 saturated carbocycles. The number of carbonyl (C=O) groups excluding carboxylic acids is 3. The van der Waals surface area contributed by atoms with Gasteiger partial charge in [-0.05, 0) is 64.9 Å². The first-order chi connectivity index (χ1) is 17.3. The third kappa shape index (κ3) is 4.44. The van der Waals surface area contributed by atoms with Crippen LogP contribution in [0.4, 0.5) is 0 Å². The highest BCUT2D eigenvalue weighted by Crippen LogP contribution is 2.51. The van der Waals surface area contributed by atoms with Gasteiger partial charge in [0.05, 0.1) is 11.8 Å². The fraction of sp³-hybridized carbons (Fsp3) is 0.276. The SMILES string of the molecule is CN(C)C(=O)c1ccc(-c2cc(CC(=O)C3(c4ccc5c(c4)OCO5)CC3)ccc2CC(N)=O)cc1.[HH]. The molecule has 7 heteroatoms. The van der Waals surface area contributed by atoms with E-state index in [1.807, 2.05) is 48.5 Å². The molecule has 0 aromatic heterocycles.